The maximum atomic E-state index is 12.6. The van der Waals surface area contributed by atoms with Gasteiger partial charge in [0.1, 0.15) is 5.69 Å². The molecule has 0 radical (unpaired) electrons. The summed E-state index contributed by atoms with van der Waals surface area (Å²) in [5.74, 6) is 0.0885. The first-order chi connectivity index (χ1) is 9.20. The molecule has 0 fully saturated rings. The number of fused-ring (bicyclic) bond motifs is 1. The van der Waals surface area contributed by atoms with Crippen LogP contribution >= 0.6 is 27.3 Å². The summed E-state index contributed by atoms with van der Waals surface area (Å²) in [7, 11) is 0. The first-order valence-electron chi connectivity index (χ1n) is 6.58. The van der Waals surface area contributed by atoms with Gasteiger partial charge in [-0.25, -0.2) is 0 Å². The summed E-state index contributed by atoms with van der Waals surface area (Å²) in [6, 6.07) is 2.08. The van der Waals surface area contributed by atoms with E-state index in [-0.39, 0.29) is 5.78 Å². The van der Waals surface area contributed by atoms with Crippen LogP contribution in [0.2, 0.25) is 0 Å². The molecule has 3 nitrogen and oxygen atoms in total. The van der Waals surface area contributed by atoms with Crippen LogP contribution in [0.5, 0.6) is 0 Å². The Balaban J connectivity index is 1.99. The molecule has 100 valence electrons. The summed E-state index contributed by atoms with van der Waals surface area (Å²) in [5, 5.41) is 4.22. The average molecular weight is 339 g/mol. The van der Waals surface area contributed by atoms with Gasteiger partial charge in [0, 0.05) is 11.4 Å². The van der Waals surface area contributed by atoms with Gasteiger partial charge in [-0.1, -0.05) is 0 Å². The monoisotopic (exact) mass is 338 g/mol. The molecule has 2 heterocycles. The van der Waals surface area contributed by atoms with Gasteiger partial charge in [0.2, 0.25) is 5.78 Å². The summed E-state index contributed by atoms with van der Waals surface area (Å²) in [4.78, 5) is 14.9. The van der Waals surface area contributed by atoms with Crippen molar-refractivity contribution < 1.29 is 4.79 Å². The lowest BCUT2D eigenvalue weighted by Gasteiger charge is -2.08. The Kier molecular flexibility index (Phi) is 3.58. The van der Waals surface area contributed by atoms with Crippen molar-refractivity contribution in [2.75, 3.05) is 0 Å². The van der Waals surface area contributed by atoms with E-state index in [1.807, 2.05) is 6.92 Å². The highest BCUT2D eigenvalue weighted by molar-refractivity contribution is 9.10. The smallest absolute Gasteiger partial charge is 0.222 e. The number of carbonyl (C=O) groups is 1. The van der Waals surface area contributed by atoms with E-state index < -0.39 is 0 Å². The van der Waals surface area contributed by atoms with E-state index in [0.717, 1.165) is 22.2 Å². The molecule has 0 spiro atoms. The zero-order chi connectivity index (χ0) is 13.4. The number of ketones is 1. The van der Waals surface area contributed by atoms with Crippen molar-refractivity contribution in [2.24, 2.45) is 0 Å². The molecule has 3 rings (SSSR count). The van der Waals surface area contributed by atoms with E-state index >= 15 is 0 Å². The van der Waals surface area contributed by atoms with Crippen molar-refractivity contribution in [3.63, 3.8) is 0 Å². The van der Waals surface area contributed by atoms with Crippen LogP contribution in [0.4, 0.5) is 0 Å². The van der Waals surface area contributed by atoms with E-state index in [0.29, 0.717) is 12.2 Å². The molecule has 0 amide bonds. The van der Waals surface area contributed by atoms with Gasteiger partial charge in [0.15, 0.2) is 0 Å². The molecule has 0 aliphatic heterocycles. The molecular weight excluding hydrogens is 324 g/mol. The van der Waals surface area contributed by atoms with Crippen LogP contribution in [0.25, 0.3) is 0 Å². The largest absolute Gasteiger partial charge is 0.286 e. The van der Waals surface area contributed by atoms with Crippen molar-refractivity contribution in [3.05, 3.63) is 37.7 Å². The molecule has 2 aromatic heterocycles. The predicted molar refractivity (Wildman–Crippen MR) is 80.0 cm³/mol. The zero-order valence-corrected chi connectivity index (χ0v) is 13.2. The van der Waals surface area contributed by atoms with Crippen LogP contribution < -0.4 is 0 Å². The van der Waals surface area contributed by atoms with E-state index in [1.54, 1.807) is 22.2 Å². The van der Waals surface area contributed by atoms with Gasteiger partial charge in [-0.05, 0) is 60.2 Å². The number of hydrogen-bond donors (Lipinski definition) is 0. The molecule has 0 N–H and O–H groups in total. The third kappa shape index (κ3) is 2.30. The van der Waals surface area contributed by atoms with Gasteiger partial charge in [0.05, 0.1) is 15.5 Å². The molecule has 1 aliphatic carbocycles. The highest BCUT2D eigenvalue weighted by atomic mass is 79.9. The first-order valence-corrected chi connectivity index (χ1v) is 8.19. The number of nitrogens with zero attached hydrogens (tertiary/aromatic N) is 2. The van der Waals surface area contributed by atoms with Crippen molar-refractivity contribution in [1.29, 1.82) is 0 Å². The Hall–Kier alpha value is -0.940. The van der Waals surface area contributed by atoms with Gasteiger partial charge < -0.3 is 0 Å². The Labute approximate surface area is 124 Å². The minimum atomic E-state index is 0.0885. The summed E-state index contributed by atoms with van der Waals surface area (Å²) >= 11 is 5.09. The Bertz CT molecular complexity index is 606. The van der Waals surface area contributed by atoms with Gasteiger partial charge in [-0.15, -0.1) is 11.3 Å². The number of rotatable bonds is 3. The summed E-state index contributed by atoms with van der Waals surface area (Å²) < 4.78 is 2.54. The Morgan fingerprint density at radius 3 is 3.00 bits per heavy atom. The van der Waals surface area contributed by atoms with Crippen LogP contribution in [0.15, 0.2) is 16.7 Å². The van der Waals surface area contributed by atoms with Gasteiger partial charge >= 0.3 is 0 Å². The van der Waals surface area contributed by atoms with E-state index in [1.165, 1.54) is 23.3 Å². The molecule has 5 heteroatoms. The second kappa shape index (κ2) is 5.21. The number of thiophene rings is 1. The van der Waals surface area contributed by atoms with Gasteiger partial charge in [-0.2, -0.15) is 5.10 Å². The highest BCUT2D eigenvalue weighted by Gasteiger charge is 2.22. The lowest BCUT2D eigenvalue weighted by Crippen LogP contribution is -2.10. The zero-order valence-electron chi connectivity index (χ0n) is 10.8. The predicted octanol–water partition coefficient (Wildman–Crippen LogP) is 3.84. The molecule has 1 aliphatic rings. The minimum absolute atomic E-state index is 0.0885. The van der Waals surface area contributed by atoms with Crippen LogP contribution in [0.3, 0.4) is 0 Å². The fourth-order valence-electron chi connectivity index (χ4n) is 2.55. The SMILES string of the molecule is CCn1ncc(Br)c1C(=O)c1cc2c(s1)CCCC2. The number of hydrogen-bond acceptors (Lipinski definition) is 3. The van der Waals surface area contributed by atoms with E-state index in [9.17, 15) is 4.79 Å². The Morgan fingerprint density at radius 2 is 2.26 bits per heavy atom. The summed E-state index contributed by atoms with van der Waals surface area (Å²) in [6.07, 6.45) is 6.44. The average Bonchev–Trinajstić information content (AvgIpc) is 3.01. The van der Waals surface area contributed by atoms with Crippen LogP contribution in [-0.4, -0.2) is 15.6 Å². The summed E-state index contributed by atoms with van der Waals surface area (Å²) in [6.45, 7) is 2.70. The first kappa shape index (κ1) is 13.1. The fraction of sp³-hybridized carbons (Fsp3) is 0.429. The normalized spacial score (nSPS) is 14.4. The van der Waals surface area contributed by atoms with Crippen LogP contribution in [-0.2, 0) is 19.4 Å². The topological polar surface area (TPSA) is 34.9 Å². The molecule has 0 bridgehead atoms. The molecule has 19 heavy (non-hydrogen) atoms. The van der Waals surface area contributed by atoms with Crippen molar-refractivity contribution in [2.45, 2.75) is 39.2 Å². The third-order valence-corrected chi connectivity index (χ3v) is 5.35. The molecule has 0 unspecified atom stereocenters. The third-order valence-electron chi connectivity index (χ3n) is 3.53. The minimum Gasteiger partial charge on any atom is -0.286 e. The van der Waals surface area contributed by atoms with Crippen LogP contribution in [0, 0.1) is 0 Å². The Morgan fingerprint density at radius 1 is 1.47 bits per heavy atom. The molecule has 2 aromatic rings. The highest BCUT2D eigenvalue weighted by Crippen LogP contribution is 2.32. The van der Waals surface area contributed by atoms with Crippen molar-refractivity contribution in [1.82, 2.24) is 9.78 Å². The lowest BCUT2D eigenvalue weighted by molar-refractivity contribution is 0.103. The number of halogens is 1. The maximum absolute atomic E-state index is 12.6. The molecule has 0 saturated carbocycles. The molecule has 0 saturated heterocycles. The van der Waals surface area contributed by atoms with Crippen molar-refractivity contribution in [3.8, 4) is 0 Å². The standard InChI is InChI=1S/C14H15BrN2OS/c1-2-17-13(10(15)8-16-17)14(18)12-7-9-5-3-4-6-11(9)19-12/h7-8H,2-6H2,1H3. The van der Waals surface area contributed by atoms with E-state index in [4.69, 9.17) is 0 Å². The molecule has 0 atom stereocenters. The molecular formula is C14H15BrN2OS. The van der Waals surface area contributed by atoms with E-state index in [2.05, 4.69) is 27.1 Å². The van der Waals surface area contributed by atoms with Crippen molar-refractivity contribution >= 4 is 33.0 Å². The maximum Gasteiger partial charge on any atom is 0.222 e. The fourth-order valence-corrected chi connectivity index (χ4v) is 4.22. The lowest BCUT2D eigenvalue weighted by atomic mass is 9.99. The number of aryl methyl sites for hydroxylation is 3. The van der Waals surface area contributed by atoms with Gasteiger partial charge in [0.25, 0.3) is 0 Å². The van der Waals surface area contributed by atoms with Crippen LogP contribution in [0.1, 0.15) is 45.6 Å². The number of carbonyl (C=O) groups excluding carboxylic acids is 1. The molecule has 0 aromatic carbocycles. The number of aromatic nitrogens is 2. The second-order valence-electron chi connectivity index (χ2n) is 4.75. The van der Waals surface area contributed by atoms with Gasteiger partial charge in [-0.3, -0.25) is 9.48 Å². The quantitative estimate of drug-likeness (QED) is 0.797. The summed E-state index contributed by atoms with van der Waals surface area (Å²) in [5.41, 5.74) is 2.04. The second-order valence-corrected chi connectivity index (χ2v) is 6.74.